The molecule has 1 aromatic carbocycles. The van der Waals surface area contributed by atoms with Crippen molar-refractivity contribution in [2.24, 2.45) is 5.73 Å². The highest BCUT2D eigenvalue weighted by Crippen LogP contribution is 2.42. The maximum Gasteiger partial charge on any atom is 0.175 e. The number of benzene rings is 1. The Hall–Kier alpha value is -0.740. The molecule has 1 heterocycles. The number of rotatable bonds is 3. The van der Waals surface area contributed by atoms with Crippen LogP contribution in [0.2, 0.25) is 0 Å². The summed E-state index contributed by atoms with van der Waals surface area (Å²) >= 11 is 3.56. The largest absolute Gasteiger partial charge is 0.489 e. The van der Waals surface area contributed by atoms with Crippen molar-refractivity contribution in [2.75, 3.05) is 19.8 Å². The van der Waals surface area contributed by atoms with Gasteiger partial charge in [0.05, 0.1) is 17.7 Å². The minimum Gasteiger partial charge on any atom is -0.489 e. The molecule has 0 aromatic heterocycles. The van der Waals surface area contributed by atoms with Crippen LogP contribution in [0.15, 0.2) is 10.5 Å². The second-order valence-electron chi connectivity index (χ2n) is 4.10. The van der Waals surface area contributed by atoms with Crippen LogP contribution in [0.1, 0.15) is 24.5 Å². The first-order chi connectivity index (χ1) is 8.27. The summed E-state index contributed by atoms with van der Waals surface area (Å²) in [5.74, 6) is 1.75. The minimum atomic E-state index is 0.652. The molecular weight excluding hydrogens is 282 g/mol. The highest BCUT2D eigenvalue weighted by molar-refractivity contribution is 9.10. The first kappa shape index (κ1) is 12.7. The van der Waals surface area contributed by atoms with Crippen LogP contribution in [0, 0.1) is 0 Å². The molecule has 94 valence electrons. The zero-order valence-electron chi connectivity index (χ0n) is 10.1. The van der Waals surface area contributed by atoms with Gasteiger partial charge < -0.3 is 15.2 Å². The Morgan fingerprint density at radius 2 is 2.00 bits per heavy atom. The maximum atomic E-state index is 5.84. The molecule has 1 aliphatic rings. The molecule has 0 atom stereocenters. The Balaban J connectivity index is 2.52. The van der Waals surface area contributed by atoms with Crippen LogP contribution in [0.4, 0.5) is 0 Å². The molecule has 0 unspecified atom stereocenters. The lowest BCUT2D eigenvalue weighted by Crippen LogP contribution is -2.07. The van der Waals surface area contributed by atoms with Gasteiger partial charge in [-0.1, -0.05) is 6.92 Å². The van der Waals surface area contributed by atoms with Crippen LogP contribution >= 0.6 is 15.9 Å². The molecule has 0 saturated heterocycles. The molecule has 3 nitrogen and oxygen atoms in total. The first-order valence-corrected chi connectivity index (χ1v) is 6.87. The predicted octanol–water partition coefficient (Wildman–Crippen LogP) is 2.67. The normalized spacial score (nSPS) is 14.5. The van der Waals surface area contributed by atoms with E-state index < -0.39 is 0 Å². The molecule has 0 spiro atoms. The zero-order chi connectivity index (χ0) is 12.3. The predicted molar refractivity (Wildman–Crippen MR) is 71.9 cm³/mol. The minimum absolute atomic E-state index is 0.652. The molecule has 0 bridgehead atoms. The van der Waals surface area contributed by atoms with Crippen LogP contribution in [-0.4, -0.2) is 19.8 Å². The SMILES string of the molecule is CCc1c(CCN)cc(Br)c2c1OCCCO2. The topological polar surface area (TPSA) is 44.5 Å². The summed E-state index contributed by atoms with van der Waals surface area (Å²) in [5, 5.41) is 0. The molecule has 17 heavy (non-hydrogen) atoms. The van der Waals surface area contributed by atoms with Gasteiger partial charge in [-0.05, 0) is 46.9 Å². The van der Waals surface area contributed by atoms with E-state index in [4.69, 9.17) is 15.2 Å². The van der Waals surface area contributed by atoms with Crippen molar-refractivity contribution < 1.29 is 9.47 Å². The van der Waals surface area contributed by atoms with Gasteiger partial charge >= 0.3 is 0 Å². The van der Waals surface area contributed by atoms with Gasteiger partial charge in [-0.2, -0.15) is 0 Å². The fourth-order valence-electron chi connectivity index (χ4n) is 2.16. The average Bonchev–Trinajstić information content (AvgIpc) is 2.56. The van der Waals surface area contributed by atoms with Gasteiger partial charge in [0.15, 0.2) is 11.5 Å². The second-order valence-corrected chi connectivity index (χ2v) is 4.95. The van der Waals surface area contributed by atoms with E-state index in [1.807, 2.05) is 0 Å². The molecule has 1 aliphatic heterocycles. The third-order valence-corrected chi connectivity index (χ3v) is 3.52. The van der Waals surface area contributed by atoms with E-state index >= 15 is 0 Å². The Labute approximate surface area is 110 Å². The smallest absolute Gasteiger partial charge is 0.175 e. The monoisotopic (exact) mass is 299 g/mol. The lowest BCUT2D eigenvalue weighted by atomic mass is 10.0. The lowest BCUT2D eigenvalue weighted by Gasteiger charge is -2.17. The van der Waals surface area contributed by atoms with E-state index in [0.29, 0.717) is 13.2 Å². The Morgan fingerprint density at radius 3 is 2.65 bits per heavy atom. The van der Waals surface area contributed by atoms with Crippen molar-refractivity contribution in [1.29, 1.82) is 0 Å². The molecule has 0 saturated carbocycles. The summed E-state index contributed by atoms with van der Waals surface area (Å²) in [7, 11) is 0. The molecule has 0 aliphatic carbocycles. The van der Waals surface area contributed by atoms with Gasteiger partial charge in [-0.3, -0.25) is 0 Å². The Bertz CT molecular complexity index is 407. The zero-order valence-corrected chi connectivity index (χ0v) is 11.7. The van der Waals surface area contributed by atoms with Crippen LogP contribution in [0.5, 0.6) is 11.5 Å². The maximum absolute atomic E-state index is 5.84. The molecule has 2 rings (SSSR count). The molecule has 4 heteroatoms. The highest BCUT2D eigenvalue weighted by atomic mass is 79.9. The van der Waals surface area contributed by atoms with Gasteiger partial charge in [-0.25, -0.2) is 0 Å². The number of nitrogens with two attached hydrogens (primary N) is 1. The number of fused-ring (bicyclic) bond motifs is 1. The standard InChI is InChI=1S/C13H18BrNO2/c1-2-10-9(4-5-15)8-11(14)13-12(10)16-6-3-7-17-13/h8H,2-7,15H2,1H3. The molecule has 2 N–H and O–H groups in total. The highest BCUT2D eigenvalue weighted by Gasteiger charge is 2.20. The van der Waals surface area contributed by atoms with Gasteiger partial charge in [0.2, 0.25) is 0 Å². The molecule has 0 fully saturated rings. The van der Waals surface area contributed by atoms with Crippen LogP contribution in [-0.2, 0) is 12.8 Å². The van der Waals surface area contributed by atoms with E-state index in [-0.39, 0.29) is 0 Å². The number of hydrogen-bond acceptors (Lipinski definition) is 3. The van der Waals surface area contributed by atoms with Crippen LogP contribution in [0.3, 0.4) is 0 Å². The fraction of sp³-hybridized carbons (Fsp3) is 0.538. The second kappa shape index (κ2) is 5.74. The van der Waals surface area contributed by atoms with Crippen molar-refractivity contribution >= 4 is 15.9 Å². The molecular formula is C13H18BrNO2. The molecule has 0 radical (unpaired) electrons. The Morgan fingerprint density at radius 1 is 1.29 bits per heavy atom. The summed E-state index contributed by atoms with van der Waals surface area (Å²) < 4.78 is 12.6. The van der Waals surface area contributed by atoms with E-state index in [9.17, 15) is 0 Å². The van der Waals surface area contributed by atoms with Gasteiger partial charge in [0.25, 0.3) is 0 Å². The summed E-state index contributed by atoms with van der Waals surface area (Å²) in [5.41, 5.74) is 8.14. The van der Waals surface area contributed by atoms with Crippen molar-refractivity contribution in [2.45, 2.75) is 26.2 Å². The summed E-state index contributed by atoms with van der Waals surface area (Å²) in [4.78, 5) is 0. The van der Waals surface area contributed by atoms with E-state index in [1.165, 1.54) is 11.1 Å². The quantitative estimate of drug-likeness (QED) is 0.933. The summed E-state index contributed by atoms with van der Waals surface area (Å²) in [6, 6.07) is 2.11. The van der Waals surface area contributed by atoms with Gasteiger partial charge in [0, 0.05) is 12.0 Å². The summed E-state index contributed by atoms with van der Waals surface area (Å²) in [6.45, 7) is 4.22. The van der Waals surface area contributed by atoms with Crippen LogP contribution < -0.4 is 15.2 Å². The van der Waals surface area contributed by atoms with Crippen molar-refractivity contribution in [3.63, 3.8) is 0 Å². The molecule has 1 aromatic rings. The van der Waals surface area contributed by atoms with Crippen molar-refractivity contribution in [3.8, 4) is 11.5 Å². The van der Waals surface area contributed by atoms with Crippen LogP contribution in [0.25, 0.3) is 0 Å². The lowest BCUT2D eigenvalue weighted by molar-refractivity contribution is 0.295. The van der Waals surface area contributed by atoms with Crippen molar-refractivity contribution in [3.05, 3.63) is 21.7 Å². The van der Waals surface area contributed by atoms with Crippen molar-refractivity contribution in [1.82, 2.24) is 0 Å². The number of ether oxygens (including phenoxy) is 2. The molecule has 0 amide bonds. The number of hydrogen-bond donors (Lipinski definition) is 1. The van der Waals surface area contributed by atoms with Gasteiger partial charge in [-0.15, -0.1) is 0 Å². The van der Waals surface area contributed by atoms with Gasteiger partial charge in [0.1, 0.15) is 0 Å². The Kier molecular flexibility index (Phi) is 4.29. The third-order valence-electron chi connectivity index (χ3n) is 2.93. The van der Waals surface area contributed by atoms with E-state index in [2.05, 4.69) is 28.9 Å². The van der Waals surface area contributed by atoms with E-state index in [0.717, 1.165) is 41.8 Å². The number of halogens is 1. The fourth-order valence-corrected chi connectivity index (χ4v) is 2.73. The first-order valence-electron chi connectivity index (χ1n) is 6.07. The summed E-state index contributed by atoms with van der Waals surface area (Å²) in [6.07, 6.45) is 2.74. The van der Waals surface area contributed by atoms with E-state index in [1.54, 1.807) is 0 Å². The average molecular weight is 300 g/mol. The third kappa shape index (κ3) is 2.58.